The van der Waals surface area contributed by atoms with Gasteiger partial charge in [0.05, 0.1) is 0 Å². The lowest BCUT2D eigenvalue weighted by molar-refractivity contribution is 0.797. The van der Waals surface area contributed by atoms with Gasteiger partial charge in [-0.1, -0.05) is 20.3 Å². The van der Waals surface area contributed by atoms with E-state index in [1.807, 2.05) is 6.07 Å². The highest BCUT2D eigenvalue weighted by Gasteiger charge is 2.00. The number of rotatable bonds is 4. The summed E-state index contributed by atoms with van der Waals surface area (Å²) in [6, 6.07) is 1.86. The third-order valence-corrected chi connectivity index (χ3v) is 1.83. The molecule has 0 aliphatic rings. The molecule has 1 aromatic rings. The average molecular weight is 179 g/mol. The number of nitrogen functional groups attached to an aromatic ring is 1. The fourth-order valence-corrected chi connectivity index (χ4v) is 1.29. The highest BCUT2D eigenvalue weighted by Crippen LogP contribution is 2.06. The minimum atomic E-state index is 0.599. The summed E-state index contributed by atoms with van der Waals surface area (Å²) in [7, 11) is 0. The van der Waals surface area contributed by atoms with Gasteiger partial charge < -0.3 is 5.73 Å². The topological polar surface area (TPSA) is 51.8 Å². The molecule has 72 valence electrons. The molecule has 0 spiro atoms. The van der Waals surface area contributed by atoms with E-state index in [-0.39, 0.29) is 0 Å². The van der Waals surface area contributed by atoms with Crippen LogP contribution in [0.2, 0.25) is 0 Å². The van der Waals surface area contributed by atoms with Crippen LogP contribution in [-0.4, -0.2) is 9.97 Å². The Balaban J connectivity index is 2.83. The minimum Gasteiger partial charge on any atom is -0.384 e. The van der Waals surface area contributed by atoms with Gasteiger partial charge in [-0.15, -0.1) is 0 Å². The van der Waals surface area contributed by atoms with Crippen molar-refractivity contribution < 1.29 is 0 Å². The molecule has 0 atom stereocenters. The number of hydrogen-bond acceptors (Lipinski definition) is 3. The SMILES string of the molecule is CCCc1cc(N)nc(CCC)n1. The van der Waals surface area contributed by atoms with Crippen molar-refractivity contribution in [1.29, 1.82) is 0 Å². The molecule has 3 nitrogen and oxygen atoms in total. The summed E-state index contributed by atoms with van der Waals surface area (Å²) in [5, 5.41) is 0. The second-order valence-electron chi connectivity index (χ2n) is 3.20. The minimum absolute atomic E-state index is 0.599. The molecule has 0 saturated heterocycles. The van der Waals surface area contributed by atoms with Gasteiger partial charge in [0.2, 0.25) is 0 Å². The smallest absolute Gasteiger partial charge is 0.130 e. The Hall–Kier alpha value is -1.12. The van der Waals surface area contributed by atoms with Crippen molar-refractivity contribution in [2.75, 3.05) is 5.73 Å². The Morgan fingerprint density at radius 2 is 1.85 bits per heavy atom. The highest BCUT2D eigenvalue weighted by atomic mass is 14.9. The van der Waals surface area contributed by atoms with Crippen molar-refractivity contribution >= 4 is 5.82 Å². The number of aromatic nitrogens is 2. The second-order valence-corrected chi connectivity index (χ2v) is 3.20. The molecule has 0 bridgehead atoms. The van der Waals surface area contributed by atoms with Crippen molar-refractivity contribution in [2.45, 2.75) is 39.5 Å². The molecular weight excluding hydrogens is 162 g/mol. The summed E-state index contributed by atoms with van der Waals surface area (Å²) < 4.78 is 0. The zero-order chi connectivity index (χ0) is 9.68. The molecule has 2 N–H and O–H groups in total. The standard InChI is InChI=1S/C10H17N3/c1-3-5-8-7-9(11)13-10(12-8)6-4-2/h7H,3-6H2,1-2H3,(H2,11,12,13). The number of hydrogen-bond donors (Lipinski definition) is 1. The molecule has 13 heavy (non-hydrogen) atoms. The van der Waals surface area contributed by atoms with Crippen LogP contribution in [0.3, 0.4) is 0 Å². The second kappa shape index (κ2) is 4.80. The van der Waals surface area contributed by atoms with E-state index in [4.69, 9.17) is 5.73 Å². The molecule has 1 heterocycles. The molecule has 0 radical (unpaired) electrons. The van der Waals surface area contributed by atoms with Crippen LogP contribution >= 0.6 is 0 Å². The summed E-state index contributed by atoms with van der Waals surface area (Å²) in [5.74, 6) is 1.48. The van der Waals surface area contributed by atoms with E-state index >= 15 is 0 Å². The summed E-state index contributed by atoms with van der Waals surface area (Å²) in [4.78, 5) is 8.59. The van der Waals surface area contributed by atoms with E-state index < -0.39 is 0 Å². The summed E-state index contributed by atoms with van der Waals surface area (Å²) in [5.41, 5.74) is 6.74. The fraction of sp³-hybridized carbons (Fsp3) is 0.600. The first-order valence-corrected chi connectivity index (χ1v) is 4.88. The van der Waals surface area contributed by atoms with Crippen LogP contribution in [0, 0.1) is 0 Å². The van der Waals surface area contributed by atoms with Crippen molar-refractivity contribution in [3.63, 3.8) is 0 Å². The molecule has 0 amide bonds. The molecular formula is C10H17N3. The first-order chi connectivity index (χ1) is 6.26. The van der Waals surface area contributed by atoms with Crippen LogP contribution in [0.1, 0.15) is 38.2 Å². The van der Waals surface area contributed by atoms with Crippen molar-refractivity contribution in [3.8, 4) is 0 Å². The summed E-state index contributed by atoms with van der Waals surface area (Å²) in [6.07, 6.45) is 4.07. The van der Waals surface area contributed by atoms with Crippen LogP contribution in [-0.2, 0) is 12.8 Å². The van der Waals surface area contributed by atoms with E-state index in [9.17, 15) is 0 Å². The monoisotopic (exact) mass is 179 g/mol. The number of nitrogens with two attached hydrogens (primary N) is 1. The maximum absolute atomic E-state index is 5.67. The molecule has 1 rings (SSSR count). The lowest BCUT2D eigenvalue weighted by Crippen LogP contribution is -2.03. The van der Waals surface area contributed by atoms with Gasteiger partial charge in [0, 0.05) is 18.2 Å². The van der Waals surface area contributed by atoms with Gasteiger partial charge in [0.1, 0.15) is 11.6 Å². The van der Waals surface area contributed by atoms with Gasteiger partial charge in [-0.3, -0.25) is 0 Å². The quantitative estimate of drug-likeness (QED) is 0.768. The number of nitrogens with zero attached hydrogens (tertiary/aromatic N) is 2. The van der Waals surface area contributed by atoms with Crippen molar-refractivity contribution in [3.05, 3.63) is 17.6 Å². The van der Waals surface area contributed by atoms with Gasteiger partial charge in [0.25, 0.3) is 0 Å². The number of aryl methyl sites for hydroxylation is 2. The Labute approximate surface area is 79.4 Å². The van der Waals surface area contributed by atoms with Crippen LogP contribution in [0.5, 0.6) is 0 Å². The summed E-state index contributed by atoms with van der Waals surface area (Å²) >= 11 is 0. The molecule has 3 heteroatoms. The molecule has 0 aromatic carbocycles. The lowest BCUT2D eigenvalue weighted by atomic mass is 10.2. The zero-order valence-corrected chi connectivity index (χ0v) is 8.38. The molecule has 0 unspecified atom stereocenters. The third kappa shape index (κ3) is 3.01. The van der Waals surface area contributed by atoms with Gasteiger partial charge in [-0.25, -0.2) is 9.97 Å². The van der Waals surface area contributed by atoms with Crippen molar-refractivity contribution in [2.24, 2.45) is 0 Å². The largest absolute Gasteiger partial charge is 0.384 e. The van der Waals surface area contributed by atoms with E-state index in [1.165, 1.54) is 0 Å². The molecule has 0 saturated carbocycles. The first-order valence-electron chi connectivity index (χ1n) is 4.88. The van der Waals surface area contributed by atoms with E-state index in [2.05, 4.69) is 23.8 Å². The van der Waals surface area contributed by atoms with E-state index in [1.54, 1.807) is 0 Å². The van der Waals surface area contributed by atoms with Gasteiger partial charge >= 0.3 is 0 Å². The van der Waals surface area contributed by atoms with Gasteiger partial charge in [0.15, 0.2) is 0 Å². The normalized spacial score (nSPS) is 10.3. The summed E-state index contributed by atoms with van der Waals surface area (Å²) in [6.45, 7) is 4.25. The van der Waals surface area contributed by atoms with Crippen LogP contribution in [0.25, 0.3) is 0 Å². The van der Waals surface area contributed by atoms with Gasteiger partial charge in [-0.2, -0.15) is 0 Å². The predicted octanol–water partition coefficient (Wildman–Crippen LogP) is 1.96. The fourth-order valence-electron chi connectivity index (χ4n) is 1.29. The Kier molecular flexibility index (Phi) is 3.68. The van der Waals surface area contributed by atoms with Crippen molar-refractivity contribution in [1.82, 2.24) is 9.97 Å². The van der Waals surface area contributed by atoms with E-state index in [0.29, 0.717) is 5.82 Å². The first kappa shape index (κ1) is 9.96. The molecule has 0 aliphatic heterocycles. The molecule has 0 fully saturated rings. The maximum Gasteiger partial charge on any atom is 0.130 e. The maximum atomic E-state index is 5.67. The molecule has 0 aliphatic carbocycles. The van der Waals surface area contributed by atoms with Crippen LogP contribution in [0.4, 0.5) is 5.82 Å². The zero-order valence-electron chi connectivity index (χ0n) is 8.38. The Morgan fingerprint density at radius 1 is 1.15 bits per heavy atom. The Morgan fingerprint density at radius 3 is 2.46 bits per heavy atom. The van der Waals surface area contributed by atoms with Crippen LogP contribution in [0.15, 0.2) is 6.07 Å². The average Bonchev–Trinajstić information content (AvgIpc) is 2.04. The third-order valence-electron chi connectivity index (χ3n) is 1.83. The van der Waals surface area contributed by atoms with E-state index in [0.717, 1.165) is 37.2 Å². The molecule has 1 aromatic heterocycles. The lowest BCUT2D eigenvalue weighted by Gasteiger charge is -2.03. The number of anilines is 1. The highest BCUT2D eigenvalue weighted by molar-refractivity contribution is 5.29. The Bertz CT molecular complexity index is 247. The van der Waals surface area contributed by atoms with Gasteiger partial charge in [-0.05, 0) is 12.8 Å². The predicted molar refractivity (Wildman–Crippen MR) is 54.4 cm³/mol. The van der Waals surface area contributed by atoms with Crippen LogP contribution < -0.4 is 5.73 Å².